The maximum absolute atomic E-state index is 11.1. The van der Waals surface area contributed by atoms with Crippen molar-refractivity contribution in [2.24, 2.45) is 0 Å². The van der Waals surface area contributed by atoms with Gasteiger partial charge >= 0.3 is 6.09 Å². The number of hydrogen-bond acceptors (Lipinski definition) is 3. The highest BCUT2D eigenvalue weighted by atomic mass is 16.6. The van der Waals surface area contributed by atoms with Crippen LogP contribution in [0.15, 0.2) is 18.2 Å². The number of amides is 1. The van der Waals surface area contributed by atoms with Crippen LogP contribution in [0.25, 0.3) is 0 Å². The van der Waals surface area contributed by atoms with Gasteiger partial charge in [0.25, 0.3) is 0 Å². The molecular weight excluding hydrogens is 182 g/mol. The molecule has 0 radical (unpaired) electrons. The van der Waals surface area contributed by atoms with Crippen molar-refractivity contribution in [3.63, 3.8) is 0 Å². The van der Waals surface area contributed by atoms with Crippen LogP contribution >= 0.6 is 0 Å². The molecular formula is C10H11NO3. The average Bonchev–Trinajstić information content (AvgIpc) is 2.17. The topological polar surface area (TPSA) is 58.6 Å². The smallest absolute Gasteiger partial charge is 0.412 e. The van der Waals surface area contributed by atoms with Gasteiger partial charge < -0.3 is 9.84 Å². The molecule has 0 saturated heterocycles. The molecule has 1 aromatic carbocycles. The molecule has 1 heterocycles. The number of phenols is 1. The summed E-state index contributed by atoms with van der Waals surface area (Å²) in [4.78, 5) is 11.1. The van der Waals surface area contributed by atoms with Crippen LogP contribution in [0, 0.1) is 0 Å². The van der Waals surface area contributed by atoms with Crippen molar-refractivity contribution in [1.29, 1.82) is 0 Å². The minimum atomic E-state index is -0.435. The molecule has 1 atom stereocenters. The molecule has 0 spiro atoms. The van der Waals surface area contributed by atoms with Crippen LogP contribution in [-0.2, 0) is 4.74 Å². The van der Waals surface area contributed by atoms with Crippen molar-refractivity contribution in [1.82, 2.24) is 0 Å². The molecule has 2 rings (SSSR count). The third kappa shape index (κ3) is 1.39. The van der Waals surface area contributed by atoms with E-state index in [2.05, 4.69) is 5.32 Å². The van der Waals surface area contributed by atoms with E-state index >= 15 is 0 Å². The number of carbonyl (C=O) groups is 1. The number of phenolic OH excluding ortho intramolecular Hbond substituents is 1. The lowest BCUT2D eigenvalue weighted by atomic mass is 10.0. The molecule has 1 amide bonds. The lowest BCUT2D eigenvalue weighted by molar-refractivity contribution is 0.104. The van der Waals surface area contributed by atoms with Gasteiger partial charge in [-0.3, -0.25) is 5.32 Å². The molecule has 1 aromatic rings. The Labute approximate surface area is 81.5 Å². The molecule has 0 fully saturated rings. The fourth-order valence-corrected chi connectivity index (χ4v) is 1.57. The van der Waals surface area contributed by atoms with Gasteiger partial charge in [0.1, 0.15) is 11.9 Å². The highest BCUT2D eigenvalue weighted by molar-refractivity contribution is 5.88. The van der Waals surface area contributed by atoms with Gasteiger partial charge in [-0.2, -0.15) is 0 Å². The van der Waals surface area contributed by atoms with Crippen LogP contribution in [0.5, 0.6) is 5.75 Å². The fraction of sp³-hybridized carbons (Fsp3) is 0.300. The van der Waals surface area contributed by atoms with Gasteiger partial charge in [-0.1, -0.05) is 6.92 Å². The number of fused-ring (bicyclic) bond motifs is 1. The zero-order chi connectivity index (χ0) is 10.1. The summed E-state index contributed by atoms with van der Waals surface area (Å²) in [7, 11) is 0. The zero-order valence-corrected chi connectivity index (χ0v) is 7.78. The number of cyclic esters (lactones) is 1. The van der Waals surface area contributed by atoms with Crippen LogP contribution in [-0.4, -0.2) is 11.2 Å². The van der Waals surface area contributed by atoms with Crippen molar-refractivity contribution >= 4 is 11.8 Å². The van der Waals surface area contributed by atoms with E-state index in [-0.39, 0.29) is 11.9 Å². The molecule has 2 N–H and O–H groups in total. The predicted molar refractivity (Wildman–Crippen MR) is 51.2 cm³/mol. The average molecular weight is 193 g/mol. The number of rotatable bonds is 1. The second kappa shape index (κ2) is 3.21. The maximum atomic E-state index is 11.1. The molecule has 1 aliphatic rings. The Morgan fingerprint density at radius 2 is 2.36 bits per heavy atom. The lowest BCUT2D eigenvalue weighted by Crippen LogP contribution is -2.24. The molecule has 74 valence electrons. The van der Waals surface area contributed by atoms with E-state index in [9.17, 15) is 9.90 Å². The molecule has 0 saturated carbocycles. The Kier molecular flexibility index (Phi) is 2.04. The summed E-state index contributed by atoms with van der Waals surface area (Å²) in [6, 6.07) is 4.83. The first kappa shape index (κ1) is 8.87. The van der Waals surface area contributed by atoms with E-state index in [0.29, 0.717) is 12.1 Å². The number of benzene rings is 1. The van der Waals surface area contributed by atoms with Gasteiger partial charge in [-0.15, -0.1) is 0 Å². The van der Waals surface area contributed by atoms with Gasteiger partial charge in [0.15, 0.2) is 0 Å². The van der Waals surface area contributed by atoms with Gasteiger partial charge in [0.2, 0.25) is 0 Å². The second-order valence-corrected chi connectivity index (χ2v) is 3.20. The fourth-order valence-electron chi connectivity index (χ4n) is 1.57. The van der Waals surface area contributed by atoms with E-state index in [4.69, 9.17) is 4.74 Å². The summed E-state index contributed by atoms with van der Waals surface area (Å²) in [5.41, 5.74) is 1.54. The van der Waals surface area contributed by atoms with Crippen LogP contribution in [0.2, 0.25) is 0 Å². The van der Waals surface area contributed by atoms with Crippen LogP contribution in [0.4, 0.5) is 10.5 Å². The monoisotopic (exact) mass is 193 g/mol. The molecule has 0 bridgehead atoms. The highest BCUT2D eigenvalue weighted by Crippen LogP contribution is 2.34. The summed E-state index contributed by atoms with van der Waals surface area (Å²) in [5.74, 6) is 0.182. The van der Waals surface area contributed by atoms with E-state index < -0.39 is 6.09 Å². The van der Waals surface area contributed by atoms with E-state index in [1.165, 1.54) is 6.07 Å². The second-order valence-electron chi connectivity index (χ2n) is 3.20. The summed E-state index contributed by atoms with van der Waals surface area (Å²) >= 11 is 0. The Hall–Kier alpha value is -1.71. The summed E-state index contributed by atoms with van der Waals surface area (Å²) < 4.78 is 5.06. The first-order valence-corrected chi connectivity index (χ1v) is 4.51. The van der Waals surface area contributed by atoms with Crippen molar-refractivity contribution in [2.45, 2.75) is 19.4 Å². The molecule has 1 aliphatic heterocycles. The van der Waals surface area contributed by atoms with Crippen LogP contribution < -0.4 is 5.32 Å². The highest BCUT2D eigenvalue weighted by Gasteiger charge is 2.24. The molecule has 0 aromatic heterocycles. The normalized spacial score (nSPS) is 19.5. The number of aromatic hydroxyl groups is 1. The largest absolute Gasteiger partial charge is 0.508 e. The predicted octanol–water partition coefficient (Wildman–Crippen LogP) is 2.41. The first-order valence-electron chi connectivity index (χ1n) is 4.51. The number of anilines is 1. The number of nitrogens with one attached hydrogen (secondary N) is 1. The first-order chi connectivity index (χ1) is 6.70. The van der Waals surface area contributed by atoms with Gasteiger partial charge in [-0.25, -0.2) is 4.79 Å². The zero-order valence-electron chi connectivity index (χ0n) is 7.78. The third-order valence-corrected chi connectivity index (χ3v) is 2.24. The molecule has 0 aliphatic carbocycles. The standard InChI is InChI=1S/C10H11NO3/c1-2-9-7-5-6(12)3-4-8(7)11-10(13)14-9/h3-5,9,12H,2H2,1H3,(H,11,13). The number of hydrogen-bond donors (Lipinski definition) is 2. The Morgan fingerprint density at radius 3 is 3.07 bits per heavy atom. The van der Waals surface area contributed by atoms with E-state index in [0.717, 1.165) is 5.56 Å². The van der Waals surface area contributed by atoms with E-state index in [1.54, 1.807) is 12.1 Å². The number of carbonyl (C=O) groups excluding carboxylic acids is 1. The molecule has 1 unspecified atom stereocenters. The molecule has 4 heteroatoms. The number of ether oxygens (including phenoxy) is 1. The van der Waals surface area contributed by atoms with Crippen molar-refractivity contribution in [3.8, 4) is 5.75 Å². The minimum Gasteiger partial charge on any atom is -0.508 e. The summed E-state index contributed by atoms with van der Waals surface area (Å²) in [6.07, 6.45) is 0.00467. The van der Waals surface area contributed by atoms with Crippen molar-refractivity contribution < 1.29 is 14.6 Å². The Morgan fingerprint density at radius 1 is 1.57 bits per heavy atom. The van der Waals surface area contributed by atoms with Crippen LogP contribution in [0.3, 0.4) is 0 Å². The summed E-state index contributed by atoms with van der Waals surface area (Å²) in [6.45, 7) is 1.93. The minimum absolute atomic E-state index is 0.182. The lowest BCUT2D eigenvalue weighted by Gasteiger charge is -2.25. The summed E-state index contributed by atoms with van der Waals surface area (Å²) in [5, 5.41) is 11.9. The third-order valence-electron chi connectivity index (χ3n) is 2.24. The Balaban J connectivity index is 2.46. The SMILES string of the molecule is CCC1OC(=O)Nc2ccc(O)cc21. The maximum Gasteiger partial charge on any atom is 0.412 e. The van der Waals surface area contributed by atoms with Crippen LogP contribution in [0.1, 0.15) is 25.0 Å². The van der Waals surface area contributed by atoms with E-state index in [1.807, 2.05) is 6.92 Å². The van der Waals surface area contributed by atoms with Crippen molar-refractivity contribution in [3.05, 3.63) is 23.8 Å². The quantitative estimate of drug-likeness (QED) is 0.673. The molecule has 4 nitrogen and oxygen atoms in total. The van der Waals surface area contributed by atoms with Gasteiger partial charge in [0, 0.05) is 5.56 Å². The van der Waals surface area contributed by atoms with Gasteiger partial charge in [0.05, 0.1) is 5.69 Å². The Bertz CT molecular complexity index is 376. The van der Waals surface area contributed by atoms with Crippen molar-refractivity contribution in [2.75, 3.05) is 5.32 Å². The molecule has 14 heavy (non-hydrogen) atoms. The van der Waals surface area contributed by atoms with Gasteiger partial charge in [-0.05, 0) is 24.6 Å².